The Kier molecular flexibility index (Phi) is 5.91. The van der Waals surface area contributed by atoms with Crippen molar-refractivity contribution in [3.05, 3.63) is 75.8 Å². The molecule has 1 aromatic heterocycles. The number of nitriles is 1. The Morgan fingerprint density at radius 3 is 2.81 bits per heavy atom. The number of carbonyl (C=O) groups is 1. The smallest absolute Gasteiger partial charge is 0.165 e. The lowest BCUT2D eigenvalue weighted by atomic mass is 10.1. The van der Waals surface area contributed by atoms with Crippen molar-refractivity contribution >= 4 is 29.1 Å². The quantitative estimate of drug-likeness (QED) is 0.605. The number of halogens is 1. The molecule has 0 aliphatic rings. The molecule has 0 aliphatic carbocycles. The molecule has 0 N–H and O–H groups in total. The van der Waals surface area contributed by atoms with Gasteiger partial charge in [-0.15, -0.1) is 0 Å². The lowest BCUT2D eigenvalue weighted by molar-refractivity contribution is -0.314. The first-order chi connectivity index (χ1) is 13.1. The maximum atomic E-state index is 11.6. The number of aromatic nitrogens is 1. The van der Waals surface area contributed by atoms with Crippen LogP contribution in [0.4, 0.5) is 0 Å². The van der Waals surface area contributed by atoms with Crippen LogP contribution >= 0.6 is 23.1 Å². The zero-order valence-corrected chi connectivity index (χ0v) is 15.4. The molecule has 0 spiro atoms. The van der Waals surface area contributed by atoms with Crippen LogP contribution in [0.3, 0.4) is 0 Å². The minimum absolute atomic E-state index is 0.0626. The molecule has 0 saturated carbocycles. The summed E-state index contributed by atoms with van der Waals surface area (Å²) in [6.45, 7) is 0.288. The van der Waals surface area contributed by atoms with E-state index in [1.807, 2.05) is 11.4 Å². The van der Waals surface area contributed by atoms with E-state index in [0.29, 0.717) is 5.75 Å². The van der Waals surface area contributed by atoms with Gasteiger partial charge in [-0.25, -0.2) is 4.37 Å². The number of carboxylic acids is 1. The van der Waals surface area contributed by atoms with Crippen LogP contribution < -0.4 is 14.6 Å². The van der Waals surface area contributed by atoms with Crippen molar-refractivity contribution in [2.45, 2.75) is 12.7 Å². The third-order valence-electron chi connectivity index (χ3n) is 3.61. The van der Waals surface area contributed by atoms with Crippen molar-refractivity contribution in [2.24, 2.45) is 0 Å². The Labute approximate surface area is 164 Å². The van der Waals surface area contributed by atoms with Crippen LogP contribution in [0.1, 0.15) is 22.8 Å². The van der Waals surface area contributed by atoms with Gasteiger partial charge in [-0.1, -0.05) is 29.8 Å². The predicted molar refractivity (Wildman–Crippen MR) is 97.4 cm³/mol. The minimum atomic E-state index is -1.47. The van der Waals surface area contributed by atoms with E-state index in [4.69, 9.17) is 21.1 Å². The number of hydrogen-bond acceptors (Lipinski definition) is 7. The van der Waals surface area contributed by atoms with E-state index in [1.165, 1.54) is 29.7 Å². The molecule has 0 amide bonds. The average Bonchev–Trinajstić information content (AvgIpc) is 3.18. The van der Waals surface area contributed by atoms with E-state index >= 15 is 0 Å². The standard InChI is InChI=1S/C19H13ClN2O4S/c20-16-4-2-1-3-15(16)18(19(23)24)26-17-7-14(6-5-13(17)8-21)25-10-12-9-22-27-11-12/h1-7,9,11,18H,10H2,(H,23,24)/p-1. The van der Waals surface area contributed by atoms with Crippen LogP contribution in [0.5, 0.6) is 11.5 Å². The van der Waals surface area contributed by atoms with E-state index in [2.05, 4.69) is 4.37 Å². The molecule has 1 atom stereocenters. The Balaban J connectivity index is 1.87. The largest absolute Gasteiger partial charge is 0.546 e. The van der Waals surface area contributed by atoms with E-state index in [-0.39, 0.29) is 28.5 Å². The predicted octanol–water partition coefficient (Wildman–Crippen LogP) is 3.12. The third kappa shape index (κ3) is 4.56. The summed E-state index contributed by atoms with van der Waals surface area (Å²) in [6, 6.07) is 12.9. The maximum absolute atomic E-state index is 11.6. The molecule has 3 rings (SSSR count). The fraction of sp³-hybridized carbons (Fsp3) is 0.105. The van der Waals surface area contributed by atoms with Crippen molar-refractivity contribution in [1.29, 1.82) is 5.26 Å². The highest BCUT2D eigenvalue weighted by molar-refractivity contribution is 7.03. The molecular formula is C19H12ClN2O4S-. The SMILES string of the molecule is N#Cc1ccc(OCc2cnsc2)cc1OC(C(=O)[O-])c1ccccc1Cl. The van der Waals surface area contributed by atoms with Crippen LogP contribution in [-0.2, 0) is 11.4 Å². The minimum Gasteiger partial charge on any atom is -0.546 e. The summed E-state index contributed by atoms with van der Waals surface area (Å²) >= 11 is 7.39. The first-order valence-electron chi connectivity index (χ1n) is 7.75. The topological polar surface area (TPSA) is 95.3 Å². The number of ether oxygens (including phenoxy) is 2. The Morgan fingerprint density at radius 1 is 1.33 bits per heavy atom. The number of carbonyl (C=O) groups excluding carboxylic acids is 1. The molecular weight excluding hydrogens is 388 g/mol. The fourth-order valence-corrected chi connectivity index (χ4v) is 3.06. The van der Waals surface area contributed by atoms with Gasteiger partial charge in [-0.2, -0.15) is 5.26 Å². The number of benzene rings is 2. The van der Waals surface area contributed by atoms with Gasteiger partial charge in [0.1, 0.15) is 24.2 Å². The van der Waals surface area contributed by atoms with Crippen LogP contribution in [-0.4, -0.2) is 10.3 Å². The van der Waals surface area contributed by atoms with E-state index in [0.717, 1.165) is 5.56 Å². The first kappa shape index (κ1) is 18.7. The fourth-order valence-electron chi connectivity index (χ4n) is 2.30. The molecule has 8 heteroatoms. The van der Waals surface area contributed by atoms with Crippen molar-refractivity contribution in [1.82, 2.24) is 4.37 Å². The Morgan fingerprint density at radius 2 is 2.15 bits per heavy atom. The Bertz CT molecular complexity index is 986. The maximum Gasteiger partial charge on any atom is 0.165 e. The molecule has 0 saturated heterocycles. The average molecular weight is 400 g/mol. The van der Waals surface area contributed by atoms with Crippen molar-refractivity contribution < 1.29 is 19.4 Å². The van der Waals surface area contributed by atoms with Crippen LogP contribution in [0.25, 0.3) is 0 Å². The van der Waals surface area contributed by atoms with Crippen molar-refractivity contribution in [3.63, 3.8) is 0 Å². The molecule has 0 aliphatic heterocycles. The molecule has 3 aromatic rings. The second-order valence-corrected chi connectivity index (χ2v) is 6.49. The Hall–Kier alpha value is -3.08. The summed E-state index contributed by atoms with van der Waals surface area (Å²) in [7, 11) is 0. The molecule has 136 valence electrons. The van der Waals surface area contributed by atoms with Gasteiger partial charge in [0, 0.05) is 33.8 Å². The number of nitrogens with zero attached hydrogens (tertiary/aromatic N) is 2. The number of carboxylic acid groups (broad SMARTS) is 1. The summed E-state index contributed by atoms with van der Waals surface area (Å²) in [5, 5.41) is 23.0. The number of hydrogen-bond donors (Lipinski definition) is 0. The molecule has 0 bridgehead atoms. The molecule has 2 aromatic carbocycles. The molecule has 0 fully saturated rings. The summed E-state index contributed by atoms with van der Waals surface area (Å²) in [6.07, 6.45) is 0.219. The highest BCUT2D eigenvalue weighted by atomic mass is 35.5. The normalized spacial score (nSPS) is 11.4. The zero-order chi connectivity index (χ0) is 19.2. The number of rotatable bonds is 7. The van der Waals surface area contributed by atoms with Crippen molar-refractivity contribution in [2.75, 3.05) is 0 Å². The summed E-state index contributed by atoms with van der Waals surface area (Å²) in [5.74, 6) is -0.985. The molecule has 6 nitrogen and oxygen atoms in total. The van der Waals surface area contributed by atoms with E-state index in [9.17, 15) is 15.2 Å². The van der Waals surface area contributed by atoms with E-state index in [1.54, 1.807) is 30.5 Å². The van der Waals surface area contributed by atoms with Gasteiger partial charge in [0.05, 0.1) is 11.5 Å². The summed E-state index contributed by atoms with van der Waals surface area (Å²) in [5.41, 5.74) is 1.30. The van der Waals surface area contributed by atoms with Gasteiger partial charge < -0.3 is 19.4 Å². The van der Waals surface area contributed by atoms with Gasteiger partial charge in [0.25, 0.3) is 0 Å². The monoisotopic (exact) mass is 399 g/mol. The van der Waals surface area contributed by atoms with Gasteiger partial charge in [-0.05, 0) is 29.7 Å². The lowest BCUT2D eigenvalue weighted by Crippen LogP contribution is -2.33. The molecule has 1 unspecified atom stereocenters. The number of aliphatic carboxylic acids is 1. The molecule has 27 heavy (non-hydrogen) atoms. The van der Waals surface area contributed by atoms with Crippen LogP contribution in [0.2, 0.25) is 5.02 Å². The lowest BCUT2D eigenvalue weighted by Gasteiger charge is -2.22. The van der Waals surface area contributed by atoms with E-state index < -0.39 is 12.1 Å². The van der Waals surface area contributed by atoms with Crippen LogP contribution in [0.15, 0.2) is 54.0 Å². The summed E-state index contributed by atoms with van der Waals surface area (Å²) < 4.78 is 15.2. The molecule has 1 heterocycles. The van der Waals surface area contributed by atoms with Gasteiger partial charge in [0.2, 0.25) is 0 Å². The second-order valence-electron chi connectivity index (χ2n) is 5.43. The van der Waals surface area contributed by atoms with Gasteiger partial charge in [-0.3, -0.25) is 0 Å². The highest BCUT2D eigenvalue weighted by Gasteiger charge is 2.20. The van der Waals surface area contributed by atoms with Crippen molar-refractivity contribution in [3.8, 4) is 17.6 Å². The molecule has 0 radical (unpaired) electrons. The van der Waals surface area contributed by atoms with Crippen LogP contribution in [0, 0.1) is 11.3 Å². The zero-order valence-electron chi connectivity index (χ0n) is 13.8. The third-order valence-corrected chi connectivity index (χ3v) is 4.59. The van der Waals surface area contributed by atoms with Gasteiger partial charge in [0.15, 0.2) is 6.10 Å². The summed E-state index contributed by atoms with van der Waals surface area (Å²) in [4.78, 5) is 11.6. The second kappa shape index (κ2) is 8.54. The highest BCUT2D eigenvalue weighted by Crippen LogP contribution is 2.31. The first-order valence-corrected chi connectivity index (χ1v) is 8.97. The van der Waals surface area contributed by atoms with Gasteiger partial charge >= 0.3 is 0 Å².